The average Bonchev–Trinajstić information content (AvgIpc) is 3.27. The van der Waals surface area contributed by atoms with Crippen molar-refractivity contribution in [1.82, 2.24) is 19.7 Å². The molecular weight excluding hydrogens is 446 g/mol. The van der Waals surface area contributed by atoms with Crippen molar-refractivity contribution in [3.8, 4) is 5.00 Å². The van der Waals surface area contributed by atoms with Crippen LogP contribution in [0.25, 0.3) is 5.00 Å². The molecule has 1 aromatic carbocycles. The van der Waals surface area contributed by atoms with Gasteiger partial charge in [-0.15, -0.1) is 21.5 Å². The van der Waals surface area contributed by atoms with Crippen LogP contribution in [0.15, 0.2) is 29.3 Å². The predicted octanol–water partition coefficient (Wildman–Crippen LogP) is 4.05. The largest absolute Gasteiger partial charge is 0.378 e. The van der Waals surface area contributed by atoms with Crippen molar-refractivity contribution in [3.63, 3.8) is 0 Å². The lowest BCUT2D eigenvalue weighted by Crippen LogP contribution is -2.41. The second-order valence-corrected chi connectivity index (χ2v) is 9.74. The summed E-state index contributed by atoms with van der Waals surface area (Å²) in [6, 6.07) is 7.28. The van der Waals surface area contributed by atoms with E-state index in [2.05, 4.69) is 28.6 Å². The first-order chi connectivity index (χ1) is 15.4. The number of thiophene rings is 1. The van der Waals surface area contributed by atoms with E-state index in [-0.39, 0.29) is 12.3 Å². The molecule has 32 heavy (non-hydrogen) atoms. The van der Waals surface area contributed by atoms with E-state index in [0.29, 0.717) is 37.2 Å². The summed E-state index contributed by atoms with van der Waals surface area (Å²) in [5.74, 6) is 1.55. The molecule has 0 spiro atoms. The predicted molar refractivity (Wildman–Crippen MR) is 125 cm³/mol. The minimum Gasteiger partial charge on any atom is -0.378 e. The molecule has 0 saturated carbocycles. The van der Waals surface area contributed by atoms with E-state index in [0.717, 1.165) is 27.7 Å². The van der Waals surface area contributed by atoms with Gasteiger partial charge in [0, 0.05) is 34.1 Å². The van der Waals surface area contributed by atoms with Gasteiger partial charge in [0.15, 0.2) is 5.82 Å². The molecule has 0 radical (unpaired) electrons. The second kappa shape index (κ2) is 8.42. The highest BCUT2D eigenvalue weighted by molar-refractivity contribution is 7.15. The highest BCUT2D eigenvalue weighted by Crippen LogP contribution is 2.39. The van der Waals surface area contributed by atoms with Crippen LogP contribution < -0.4 is 0 Å². The molecule has 1 fully saturated rings. The fourth-order valence-corrected chi connectivity index (χ4v) is 5.58. The highest BCUT2D eigenvalue weighted by Gasteiger charge is 2.33. The summed E-state index contributed by atoms with van der Waals surface area (Å²) in [6.45, 7) is 8.54. The van der Waals surface area contributed by atoms with Crippen LogP contribution in [0, 0.1) is 20.8 Å². The summed E-state index contributed by atoms with van der Waals surface area (Å²) in [4.78, 5) is 21.4. The maximum atomic E-state index is 13.1. The van der Waals surface area contributed by atoms with Crippen LogP contribution in [-0.2, 0) is 9.53 Å². The Morgan fingerprint density at radius 3 is 2.59 bits per heavy atom. The molecule has 1 unspecified atom stereocenters. The van der Waals surface area contributed by atoms with Gasteiger partial charge in [-0.25, -0.2) is 0 Å². The van der Waals surface area contributed by atoms with E-state index >= 15 is 0 Å². The van der Waals surface area contributed by atoms with Gasteiger partial charge in [-0.2, -0.15) is 0 Å². The number of amides is 1. The van der Waals surface area contributed by atoms with E-state index in [1.54, 1.807) is 11.3 Å². The van der Waals surface area contributed by atoms with Crippen LogP contribution in [0.3, 0.4) is 0 Å². The van der Waals surface area contributed by atoms with Crippen LogP contribution in [0.1, 0.15) is 45.7 Å². The first-order valence-electron chi connectivity index (χ1n) is 10.7. The first-order valence-corrected chi connectivity index (χ1v) is 11.9. The molecular formula is C23H24ClN5O2S. The number of morpholine rings is 1. The van der Waals surface area contributed by atoms with Crippen molar-refractivity contribution in [2.75, 3.05) is 26.3 Å². The fraction of sp³-hybridized carbons (Fsp3) is 0.391. The Hall–Kier alpha value is -2.55. The summed E-state index contributed by atoms with van der Waals surface area (Å²) in [5.41, 5.74) is 4.08. The minimum absolute atomic E-state index is 0.0582. The smallest absolute Gasteiger partial charge is 0.225 e. The maximum absolute atomic E-state index is 13.1. The third kappa shape index (κ3) is 3.66. The van der Waals surface area contributed by atoms with Crippen LogP contribution in [0.2, 0.25) is 5.02 Å². The molecule has 0 N–H and O–H groups in total. The summed E-state index contributed by atoms with van der Waals surface area (Å²) < 4.78 is 7.48. The van der Waals surface area contributed by atoms with Crippen LogP contribution in [0.4, 0.5) is 0 Å². The highest BCUT2D eigenvalue weighted by atomic mass is 35.5. The molecule has 3 aromatic rings. The van der Waals surface area contributed by atoms with Gasteiger partial charge in [-0.1, -0.05) is 23.7 Å². The van der Waals surface area contributed by atoms with Crippen molar-refractivity contribution in [3.05, 3.63) is 62.5 Å². The molecule has 2 aliphatic rings. The molecule has 7 nitrogen and oxygen atoms in total. The Morgan fingerprint density at radius 1 is 1.16 bits per heavy atom. The number of rotatable bonds is 3. The van der Waals surface area contributed by atoms with Crippen molar-refractivity contribution in [2.24, 2.45) is 4.99 Å². The maximum Gasteiger partial charge on any atom is 0.225 e. The van der Waals surface area contributed by atoms with Gasteiger partial charge >= 0.3 is 0 Å². The average molecular weight is 470 g/mol. The van der Waals surface area contributed by atoms with Crippen LogP contribution in [0.5, 0.6) is 0 Å². The number of benzene rings is 1. The van der Waals surface area contributed by atoms with E-state index in [9.17, 15) is 4.79 Å². The zero-order chi connectivity index (χ0) is 22.4. The molecule has 166 valence electrons. The molecule has 5 rings (SSSR count). The van der Waals surface area contributed by atoms with E-state index in [4.69, 9.17) is 21.3 Å². The number of ether oxygens (including phenoxy) is 1. The van der Waals surface area contributed by atoms with Gasteiger partial charge in [-0.3, -0.25) is 14.4 Å². The van der Waals surface area contributed by atoms with Crippen molar-refractivity contribution >= 4 is 34.6 Å². The second-order valence-electron chi connectivity index (χ2n) is 8.10. The number of carbonyl (C=O) groups excluding carboxylic acids is 1. The van der Waals surface area contributed by atoms with Gasteiger partial charge in [0.05, 0.1) is 25.3 Å². The van der Waals surface area contributed by atoms with Crippen molar-refractivity contribution in [2.45, 2.75) is 33.2 Å². The Bertz CT molecular complexity index is 1210. The fourth-order valence-electron chi connectivity index (χ4n) is 4.24. The van der Waals surface area contributed by atoms with Crippen molar-refractivity contribution in [1.29, 1.82) is 0 Å². The molecule has 4 heterocycles. The molecule has 0 bridgehead atoms. The van der Waals surface area contributed by atoms with Gasteiger partial charge in [0.1, 0.15) is 16.9 Å². The summed E-state index contributed by atoms with van der Waals surface area (Å²) in [5, 5.41) is 10.5. The van der Waals surface area contributed by atoms with Gasteiger partial charge < -0.3 is 9.64 Å². The van der Waals surface area contributed by atoms with E-state index < -0.39 is 6.04 Å². The number of nitrogens with zero attached hydrogens (tertiary/aromatic N) is 5. The molecule has 1 atom stereocenters. The Labute approximate surface area is 195 Å². The third-order valence-electron chi connectivity index (χ3n) is 6.09. The SMILES string of the molecule is Cc1sc2c(c1C)C(c1ccc(Cl)cc1)=NC(CC(=O)N1CCOCC1)c1nnc(C)n1-2. The lowest BCUT2D eigenvalue weighted by atomic mass is 9.99. The number of hydrogen-bond acceptors (Lipinski definition) is 6. The normalized spacial score (nSPS) is 18.1. The van der Waals surface area contributed by atoms with E-state index in [1.165, 1.54) is 10.4 Å². The van der Waals surface area contributed by atoms with Crippen molar-refractivity contribution < 1.29 is 9.53 Å². The number of aryl methyl sites for hydroxylation is 2. The number of aromatic nitrogens is 3. The zero-order valence-corrected chi connectivity index (χ0v) is 19.8. The summed E-state index contributed by atoms with van der Waals surface area (Å²) in [6.07, 6.45) is 0.238. The number of hydrogen-bond donors (Lipinski definition) is 0. The Balaban J connectivity index is 1.66. The summed E-state index contributed by atoms with van der Waals surface area (Å²) >= 11 is 7.86. The Morgan fingerprint density at radius 2 is 1.88 bits per heavy atom. The molecule has 1 saturated heterocycles. The first kappa shape index (κ1) is 21.3. The number of halogens is 1. The standard InChI is InChI=1S/C23H24ClN5O2S/c1-13-14(2)32-23-20(13)21(16-4-6-17(24)7-5-16)25-18(22-27-26-15(3)29(22)23)12-19(30)28-8-10-31-11-9-28/h4-7,18H,8-12H2,1-3H3. The lowest BCUT2D eigenvalue weighted by Gasteiger charge is -2.27. The monoisotopic (exact) mass is 469 g/mol. The third-order valence-corrected chi connectivity index (χ3v) is 7.53. The van der Waals surface area contributed by atoms with Crippen LogP contribution >= 0.6 is 22.9 Å². The van der Waals surface area contributed by atoms with Gasteiger partial charge in [-0.05, 0) is 38.5 Å². The number of carbonyl (C=O) groups is 1. The molecule has 2 aromatic heterocycles. The number of aliphatic imine (C=N–C) groups is 1. The zero-order valence-electron chi connectivity index (χ0n) is 18.3. The van der Waals surface area contributed by atoms with Gasteiger partial charge in [0.2, 0.25) is 5.91 Å². The number of fused-ring (bicyclic) bond motifs is 3. The molecule has 1 amide bonds. The minimum atomic E-state index is -0.434. The molecule has 0 aliphatic carbocycles. The Kier molecular flexibility index (Phi) is 5.61. The van der Waals surface area contributed by atoms with Gasteiger partial charge in [0.25, 0.3) is 0 Å². The topological polar surface area (TPSA) is 72.6 Å². The quantitative estimate of drug-likeness (QED) is 0.580. The molecule has 9 heteroatoms. The summed E-state index contributed by atoms with van der Waals surface area (Å²) in [7, 11) is 0. The molecule has 2 aliphatic heterocycles. The van der Waals surface area contributed by atoms with Crippen LogP contribution in [-0.4, -0.2) is 57.6 Å². The van der Waals surface area contributed by atoms with E-state index in [1.807, 2.05) is 36.1 Å². The lowest BCUT2D eigenvalue weighted by molar-refractivity contribution is -0.135.